The monoisotopic (exact) mass is 462 g/mol. The Morgan fingerprint density at radius 1 is 1.16 bits per heavy atom. The van der Waals surface area contributed by atoms with E-state index in [2.05, 4.69) is 0 Å². The number of nitrogens with zero attached hydrogens (tertiary/aromatic N) is 2. The molecule has 1 aliphatic carbocycles. The van der Waals surface area contributed by atoms with Gasteiger partial charge in [0.05, 0.1) is 22.2 Å². The van der Waals surface area contributed by atoms with Crippen LogP contribution in [-0.4, -0.2) is 21.1 Å². The van der Waals surface area contributed by atoms with Crippen LogP contribution in [0.15, 0.2) is 33.4 Å². The van der Waals surface area contributed by atoms with Crippen LogP contribution in [0.5, 0.6) is 0 Å². The van der Waals surface area contributed by atoms with E-state index < -0.39 is 58.4 Å². The predicted octanol–water partition coefficient (Wildman–Crippen LogP) is 4.98. The van der Waals surface area contributed by atoms with Gasteiger partial charge < -0.3 is 0 Å². The third kappa shape index (κ3) is 4.86. The van der Waals surface area contributed by atoms with Crippen molar-refractivity contribution in [3.63, 3.8) is 0 Å². The third-order valence-electron chi connectivity index (χ3n) is 4.95. The van der Waals surface area contributed by atoms with Crippen molar-refractivity contribution in [1.82, 2.24) is 9.13 Å². The summed E-state index contributed by atoms with van der Waals surface area (Å²) in [5.74, 6) is -0.755. The minimum absolute atomic E-state index is 0.177. The lowest BCUT2D eigenvalue weighted by atomic mass is 10.0. The molecule has 0 atom stereocenters. The molecule has 31 heavy (non-hydrogen) atoms. The smallest absolute Gasteiger partial charge is 0.294 e. The van der Waals surface area contributed by atoms with E-state index in [1.54, 1.807) is 0 Å². The predicted molar refractivity (Wildman–Crippen MR) is 107 cm³/mol. The molecule has 2 heterocycles. The highest BCUT2D eigenvalue weighted by Crippen LogP contribution is 2.36. The van der Waals surface area contributed by atoms with Crippen LogP contribution in [0.1, 0.15) is 54.3 Å². The van der Waals surface area contributed by atoms with E-state index >= 15 is 0 Å². The number of Topliss-reactive ketones (excluding diaryl/α,β-unsaturated/α-hetero) is 1. The zero-order chi connectivity index (χ0) is 22.9. The minimum Gasteiger partial charge on any atom is -0.294 e. The van der Waals surface area contributed by atoms with Crippen LogP contribution in [0.4, 0.5) is 22.0 Å². The highest BCUT2D eigenvalue weighted by molar-refractivity contribution is 7.20. The first kappa shape index (κ1) is 23.1. The molecule has 2 aromatic heterocycles. The lowest BCUT2D eigenvalue weighted by Gasteiger charge is -2.14. The van der Waals surface area contributed by atoms with Gasteiger partial charge >= 0.3 is 11.9 Å². The van der Waals surface area contributed by atoms with Crippen LogP contribution in [0.25, 0.3) is 10.2 Å². The largest absolute Gasteiger partial charge is 0.390 e. The first-order chi connectivity index (χ1) is 14.5. The molecule has 11 heteroatoms. The number of hydrogen-bond donors (Lipinski definition) is 0. The molecule has 0 aliphatic heterocycles. The lowest BCUT2D eigenvalue weighted by molar-refractivity contribution is -0.136. The molecular formula is C20H19F5N2O3S. The van der Waals surface area contributed by atoms with Gasteiger partial charge in [-0.15, -0.1) is 11.3 Å². The van der Waals surface area contributed by atoms with E-state index in [4.69, 9.17) is 0 Å². The molecule has 0 unspecified atom stereocenters. The topological polar surface area (TPSA) is 61.1 Å². The van der Waals surface area contributed by atoms with Gasteiger partial charge in [0, 0.05) is 13.1 Å². The minimum atomic E-state index is -4.60. The van der Waals surface area contributed by atoms with E-state index in [0.29, 0.717) is 20.5 Å². The number of allylic oxidation sites excluding steroid dienone is 4. The summed E-state index contributed by atoms with van der Waals surface area (Å²) in [5, 5.41) is -0.569. The van der Waals surface area contributed by atoms with Crippen LogP contribution in [0.3, 0.4) is 0 Å². The van der Waals surface area contributed by atoms with Crippen molar-refractivity contribution >= 4 is 27.3 Å². The van der Waals surface area contributed by atoms with E-state index in [-0.39, 0.29) is 17.8 Å². The van der Waals surface area contributed by atoms with Crippen molar-refractivity contribution in [2.45, 2.75) is 58.3 Å². The van der Waals surface area contributed by atoms with Crippen LogP contribution in [0, 0.1) is 0 Å². The quantitative estimate of drug-likeness (QED) is 0.431. The van der Waals surface area contributed by atoms with Crippen molar-refractivity contribution in [2.75, 3.05) is 0 Å². The molecule has 0 radical (unpaired) electrons. The zero-order valence-corrected chi connectivity index (χ0v) is 17.3. The number of aromatic nitrogens is 2. The Morgan fingerprint density at radius 2 is 1.87 bits per heavy atom. The highest BCUT2D eigenvalue weighted by Gasteiger charge is 2.31. The zero-order valence-electron chi connectivity index (χ0n) is 16.5. The number of hydrogen-bond acceptors (Lipinski definition) is 4. The number of carbonyl (C=O) groups excluding carboxylic acids is 1. The third-order valence-corrected chi connectivity index (χ3v) is 6.27. The Kier molecular flexibility index (Phi) is 6.63. The maximum absolute atomic E-state index is 13.8. The van der Waals surface area contributed by atoms with Crippen molar-refractivity contribution in [3.05, 3.63) is 55.1 Å². The first-order valence-electron chi connectivity index (χ1n) is 9.52. The molecule has 0 amide bonds. The molecule has 0 saturated heterocycles. The maximum atomic E-state index is 13.8. The van der Waals surface area contributed by atoms with Gasteiger partial charge in [-0.1, -0.05) is 23.8 Å². The van der Waals surface area contributed by atoms with Crippen LogP contribution >= 0.6 is 11.3 Å². The fourth-order valence-corrected chi connectivity index (χ4v) is 4.70. The normalized spacial score (nSPS) is 14.5. The summed E-state index contributed by atoms with van der Waals surface area (Å²) >= 11 is 0.451. The fraction of sp³-hybridized carbons (Fsp3) is 0.450. The molecule has 0 saturated carbocycles. The Labute approximate surface area is 177 Å². The van der Waals surface area contributed by atoms with Gasteiger partial charge in [0.15, 0.2) is 5.78 Å². The second kappa shape index (κ2) is 8.89. The number of ketones is 1. The molecule has 5 nitrogen and oxygen atoms in total. The van der Waals surface area contributed by atoms with Crippen LogP contribution in [0.2, 0.25) is 0 Å². The lowest BCUT2D eigenvalue weighted by Crippen LogP contribution is -2.40. The molecule has 0 spiro atoms. The standard InChI is InChI=1S/C20H19F5N2O3S/c1-11(28)15-13(16(21)22)14-17(29)26(9-7-12-5-3-2-4-6-12)19(30)27(18(14)31-15)10-8-20(23,24)25/h3,5-6,16H,2,4,7-10H2,1H3. The molecule has 0 N–H and O–H groups in total. The van der Waals surface area contributed by atoms with Gasteiger partial charge in [0.1, 0.15) is 4.83 Å². The molecule has 0 bridgehead atoms. The Hall–Kier alpha value is -2.56. The molecule has 0 aromatic carbocycles. The second-order valence-corrected chi connectivity index (χ2v) is 8.15. The van der Waals surface area contributed by atoms with Gasteiger partial charge in [-0.2, -0.15) is 13.2 Å². The maximum Gasteiger partial charge on any atom is 0.390 e. The number of fused-ring (bicyclic) bond motifs is 1. The number of halogens is 5. The molecule has 2 aromatic rings. The summed E-state index contributed by atoms with van der Waals surface area (Å²) in [5.41, 5.74) is -2.03. The average molecular weight is 462 g/mol. The summed E-state index contributed by atoms with van der Waals surface area (Å²) in [6, 6.07) is 0. The number of alkyl halides is 5. The van der Waals surface area contributed by atoms with E-state index in [1.165, 1.54) is 0 Å². The molecule has 0 fully saturated rings. The van der Waals surface area contributed by atoms with Gasteiger partial charge in [-0.25, -0.2) is 13.6 Å². The number of aryl methyl sites for hydroxylation is 1. The molecule has 168 valence electrons. The summed E-state index contributed by atoms with van der Waals surface area (Å²) in [7, 11) is 0. The van der Waals surface area contributed by atoms with Crippen molar-refractivity contribution < 1.29 is 26.7 Å². The molecule has 3 rings (SSSR count). The Bertz CT molecular complexity index is 1180. The SMILES string of the molecule is CC(=O)c1sc2c(c1C(F)F)c(=O)n(CCC1=CCCC=C1)c(=O)n2CCC(F)(F)F. The number of carbonyl (C=O) groups is 1. The second-order valence-electron chi connectivity index (χ2n) is 7.15. The summed E-state index contributed by atoms with van der Waals surface area (Å²) in [6.07, 6.45) is -1.68. The van der Waals surface area contributed by atoms with Crippen molar-refractivity contribution in [3.8, 4) is 0 Å². The van der Waals surface area contributed by atoms with E-state index in [9.17, 15) is 36.3 Å². The number of rotatable bonds is 7. The fourth-order valence-electron chi connectivity index (χ4n) is 3.48. The molecule has 1 aliphatic rings. The van der Waals surface area contributed by atoms with Gasteiger partial charge in [0.2, 0.25) is 0 Å². The first-order valence-corrected chi connectivity index (χ1v) is 10.3. The summed E-state index contributed by atoms with van der Waals surface area (Å²) in [4.78, 5) is 37.0. The highest BCUT2D eigenvalue weighted by atomic mass is 32.1. The van der Waals surface area contributed by atoms with Crippen molar-refractivity contribution in [1.29, 1.82) is 0 Å². The summed E-state index contributed by atoms with van der Waals surface area (Å²) < 4.78 is 67.3. The van der Waals surface area contributed by atoms with E-state index in [1.807, 2.05) is 18.2 Å². The van der Waals surface area contributed by atoms with Gasteiger partial charge in [0.25, 0.3) is 12.0 Å². The number of thiophene rings is 1. The Morgan fingerprint density at radius 3 is 2.42 bits per heavy atom. The van der Waals surface area contributed by atoms with Gasteiger partial charge in [-0.3, -0.25) is 18.7 Å². The average Bonchev–Trinajstić information content (AvgIpc) is 3.09. The van der Waals surface area contributed by atoms with Crippen LogP contribution in [-0.2, 0) is 13.1 Å². The van der Waals surface area contributed by atoms with Crippen molar-refractivity contribution in [2.24, 2.45) is 0 Å². The molecular weight excluding hydrogens is 443 g/mol. The Balaban J connectivity index is 2.22. The van der Waals surface area contributed by atoms with Crippen LogP contribution < -0.4 is 11.2 Å². The van der Waals surface area contributed by atoms with E-state index in [0.717, 1.165) is 25.3 Å². The van der Waals surface area contributed by atoms with Gasteiger partial charge in [-0.05, 0) is 26.2 Å². The summed E-state index contributed by atoms with van der Waals surface area (Å²) in [6.45, 7) is 0.00114.